The van der Waals surface area contributed by atoms with Crippen molar-refractivity contribution in [1.29, 1.82) is 0 Å². The number of amides is 1. The van der Waals surface area contributed by atoms with E-state index in [1.165, 1.54) is 6.07 Å². The Hall–Kier alpha value is -2.66. The molecular formula is C20H17ClFN3O. The number of nitrogens with zero attached hydrogens (tertiary/aromatic N) is 2. The van der Waals surface area contributed by atoms with Crippen LogP contribution >= 0.6 is 11.6 Å². The van der Waals surface area contributed by atoms with Crippen LogP contribution in [0.4, 0.5) is 4.39 Å². The molecule has 132 valence electrons. The largest absolute Gasteiger partial charge is 0.340 e. The van der Waals surface area contributed by atoms with E-state index in [4.69, 9.17) is 11.6 Å². The molecule has 0 saturated carbocycles. The normalized spacial score (nSPS) is 13.6. The average molecular weight is 370 g/mol. The maximum absolute atomic E-state index is 14.2. The van der Waals surface area contributed by atoms with Gasteiger partial charge >= 0.3 is 0 Å². The number of hydrogen-bond donors (Lipinski definition) is 1. The molecule has 1 N–H and O–H groups in total. The zero-order valence-corrected chi connectivity index (χ0v) is 15.0. The van der Waals surface area contributed by atoms with Crippen LogP contribution in [0, 0.1) is 12.7 Å². The van der Waals surface area contributed by atoms with E-state index >= 15 is 0 Å². The zero-order valence-electron chi connectivity index (χ0n) is 14.2. The van der Waals surface area contributed by atoms with E-state index < -0.39 is 11.7 Å². The van der Waals surface area contributed by atoms with Crippen molar-refractivity contribution in [3.63, 3.8) is 0 Å². The third-order valence-electron chi connectivity index (χ3n) is 4.66. The van der Waals surface area contributed by atoms with Crippen LogP contribution in [0.2, 0.25) is 5.02 Å². The van der Waals surface area contributed by atoms with Crippen LogP contribution in [-0.2, 0) is 13.0 Å². The summed E-state index contributed by atoms with van der Waals surface area (Å²) in [6.45, 7) is 2.60. The van der Waals surface area contributed by atoms with Crippen LogP contribution in [0.1, 0.15) is 27.3 Å². The molecule has 1 aromatic heterocycles. The molecule has 2 heterocycles. The Balaban J connectivity index is 1.62. The van der Waals surface area contributed by atoms with E-state index in [2.05, 4.69) is 9.97 Å². The Morgan fingerprint density at radius 3 is 2.77 bits per heavy atom. The Morgan fingerprint density at radius 2 is 2.00 bits per heavy atom. The number of H-pyrrole nitrogens is 1. The number of benzene rings is 2. The minimum absolute atomic E-state index is 0.0575. The van der Waals surface area contributed by atoms with Gasteiger partial charge in [0.1, 0.15) is 11.6 Å². The van der Waals surface area contributed by atoms with Gasteiger partial charge in [-0.15, -0.1) is 0 Å². The van der Waals surface area contributed by atoms with Gasteiger partial charge in [0.15, 0.2) is 0 Å². The third-order valence-corrected chi connectivity index (χ3v) is 5.15. The summed E-state index contributed by atoms with van der Waals surface area (Å²) in [5, 5.41) is 0.176. The van der Waals surface area contributed by atoms with Gasteiger partial charge in [0, 0.05) is 18.5 Å². The first-order valence-electron chi connectivity index (χ1n) is 8.41. The molecule has 2 aromatic carbocycles. The second kappa shape index (κ2) is 6.57. The van der Waals surface area contributed by atoms with Gasteiger partial charge in [-0.1, -0.05) is 48.0 Å². The SMILES string of the molecule is Cc1ccc(F)c(C(=O)N2CCc3nc(-c4ccccc4)[nH]c3C2)c1Cl. The highest BCUT2D eigenvalue weighted by Gasteiger charge is 2.28. The molecule has 1 amide bonds. The number of nitrogens with one attached hydrogen (secondary N) is 1. The molecule has 0 bridgehead atoms. The maximum Gasteiger partial charge on any atom is 0.258 e. The highest BCUT2D eigenvalue weighted by Crippen LogP contribution is 2.28. The summed E-state index contributed by atoms with van der Waals surface area (Å²) in [5.41, 5.74) is 3.45. The Kier molecular flexibility index (Phi) is 4.24. The number of fused-ring (bicyclic) bond motifs is 1. The molecule has 0 fully saturated rings. The number of aryl methyl sites for hydroxylation is 1. The Labute approximate surface area is 155 Å². The Morgan fingerprint density at radius 1 is 1.23 bits per heavy atom. The van der Waals surface area contributed by atoms with Crippen LogP contribution in [0.15, 0.2) is 42.5 Å². The smallest absolute Gasteiger partial charge is 0.258 e. The molecule has 4 nitrogen and oxygen atoms in total. The number of hydrogen-bond acceptors (Lipinski definition) is 2. The van der Waals surface area contributed by atoms with Gasteiger partial charge in [0.2, 0.25) is 0 Å². The molecule has 3 aromatic rings. The van der Waals surface area contributed by atoms with Crippen LogP contribution in [-0.4, -0.2) is 27.3 Å². The molecule has 0 saturated heterocycles. The lowest BCUT2D eigenvalue weighted by Gasteiger charge is -2.27. The summed E-state index contributed by atoms with van der Waals surface area (Å²) in [6.07, 6.45) is 0.620. The van der Waals surface area contributed by atoms with Gasteiger partial charge in [-0.25, -0.2) is 9.37 Å². The zero-order chi connectivity index (χ0) is 18.3. The first-order chi connectivity index (χ1) is 12.5. The fourth-order valence-electron chi connectivity index (χ4n) is 3.21. The third kappa shape index (κ3) is 2.88. The van der Waals surface area contributed by atoms with E-state index in [1.54, 1.807) is 17.9 Å². The van der Waals surface area contributed by atoms with Crippen molar-refractivity contribution in [2.24, 2.45) is 0 Å². The van der Waals surface area contributed by atoms with Gasteiger partial charge in [-0.05, 0) is 18.6 Å². The van der Waals surface area contributed by atoms with Gasteiger partial charge in [-0.3, -0.25) is 4.79 Å². The summed E-state index contributed by atoms with van der Waals surface area (Å²) < 4.78 is 14.2. The molecule has 0 atom stereocenters. The van der Waals surface area contributed by atoms with Gasteiger partial charge < -0.3 is 9.88 Å². The molecule has 0 aliphatic carbocycles. The average Bonchev–Trinajstić information content (AvgIpc) is 3.09. The number of aromatic nitrogens is 2. The lowest BCUT2D eigenvalue weighted by Crippen LogP contribution is -2.36. The molecule has 0 radical (unpaired) electrons. The topological polar surface area (TPSA) is 49.0 Å². The van der Waals surface area contributed by atoms with Crippen LogP contribution < -0.4 is 0 Å². The van der Waals surface area contributed by atoms with E-state index in [0.717, 1.165) is 22.8 Å². The lowest BCUT2D eigenvalue weighted by molar-refractivity contribution is 0.0727. The predicted molar refractivity (Wildman–Crippen MR) is 98.6 cm³/mol. The van der Waals surface area contributed by atoms with Crippen LogP contribution in [0.25, 0.3) is 11.4 Å². The number of imidazole rings is 1. The molecule has 26 heavy (non-hydrogen) atoms. The van der Waals surface area contributed by atoms with Crippen molar-refractivity contribution in [3.8, 4) is 11.4 Å². The van der Waals surface area contributed by atoms with E-state index in [9.17, 15) is 9.18 Å². The summed E-state index contributed by atoms with van der Waals surface area (Å²) in [5.74, 6) is -0.201. The first kappa shape index (κ1) is 16.8. The predicted octanol–water partition coefficient (Wildman–Crippen LogP) is 4.38. The Bertz CT molecular complexity index is 984. The van der Waals surface area contributed by atoms with E-state index in [1.807, 2.05) is 30.3 Å². The van der Waals surface area contributed by atoms with E-state index in [-0.39, 0.29) is 10.6 Å². The molecule has 6 heteroatoms. The van der Waals surface area contributed by atoms with Gasteiger partial charge in [0.05, 0.1) is 28.5 Å². The number of aromatic amines is 1. The quantitative estimate of drug-likeness (QED) is 0.729. The first-order valence-corrected chi connectivity index (χ1v) is 8.79. The summed E-state index contributed by atoms with van der Waals surface area (Å²) >= 11 is 6.19. The highest BCUT2D eigenvalue weighted by molar-refractivity contribution is 6.34. The molecular weight excluding hydrogens is 353 g/mol. The minimum Gasteiger partial charge on any atom is -0.340 e. The second-order valence-corrected chi connectivity index (χ2v) is 6.78. The van der Waals surface area contributed by atoms with Crippen molar-refractivity contribution < 1.29 is 9.18 Å². The lowest BCUT2D eigenvalue weighted by atomic mass is 10.1. The molecule has 1 aliphatic rings. The second-order valence-electron chi connectivity index (χ2n) is 6.41. The summed E-state index contributed by atoms with van der Waals surface area (Å²) in [6, 6.07) is 12.7. The fourth-order valence-corrected chi connectivity index (χ4v) is 3.44. The van der Waals surface area contributed by atoms with Crippen molar-refractivity contribution in [3.05, 3.63) is 75.8 Å². The monoisotopic (exact) mass is 369 g/mol. The number of halogens is 2. The maximum atomic E-state index is 14.2. The molecule has 1 aliphatic heterocycles. The summed E-state index contributed by atoms with van der Waals surface area (Å²) in [4.78, 5) is 22.4. The summed E-state index contributed by atoms with van der Waals surface area (Å²) in [7, 11) is 0. The van der Waals surface area contributed by atoms with Gasteiger partial charge in [-0.2, -0.15) is 0 Å². The number of carbonyl (C=O) groups excluding carboxylic acids is 1. The molecule has 0 spiro atoms. The molecule has 0 unspecified atom stereocenters. The highest BCUT2D eigenvalue weighted by atomic mass is 35.5. The standard InChI is InChI=1S/C20H17ClFN3O/c1-12-7-8-14(22)17(18(12)21)20(26)25-10-9-15-16(11-25)24-19(23-15)13-5-3-2-4-6-13/h2-8H,9-11H2,1H3,(H,23,24). The van der Waals surface area contributed by atoms with Crippen LogP contribution in [0.3, 0.4) is 0 Å². The molecule has 4 rings (SSSR count). The van der Waals surface area contributed by atoms with Crippen molar-refractivity contribution in [2.75, 3.05) is 6.54 Å². The van der Waals surface area contributed by atoms with Crippen LogP contribution in [0.5, 0.6) is 0 Å². The fraction of sp³-hybridized carbons (Fsp3) is 0.200. The number of carbonyl (C=O) groups is 1. The van der Waals surface area contributed by atoms with Gasteiger partial charge in [0.25, 0.3) is 5.91 Å². The van der Waals surface area contributed by atoms with E-state index in [0.29, 0.717) is 25.1 Å². The van der Waals surface area contributed by atoms with Crippen molar-refractivity contribution >= 4 is 17.5 Å². The number of rotatable bonds is 2. The van der Waals surface area contributed by atoms with Crippen molar-refractivity contribution in [1.82, 2.24) is 14.9 Å². The minimum atomic E-state index is -0.592. The van der Waals surface area contributed by atoms with Crippen molar-refractivity contribution in [2.45, 2.75) is 19.9 Å².